The van der Waals surface area contributed by atoms with E-state index in [1.165, 1.54) is 30.3 Å². The van der Waals surface area contributed by atoms with Crippen LogP contribution in [0.5, 0.6) is 0 Å². The summed E-state index contributed by atoms with van der Waals surface area (Å²) in [6, 6.07) is 8.35. The fraction of sp³-hybridized carbons (Fsp3) is 0. The first-order valence-corrected chi connectivity index (χ1v) is 5.73. The van der Waals surface area contributed by atoms with E-state index >= 15 is 0 Å². The molecule has 92 valence electrons. The van der Waals surface area contributed by atoms with Crippen LogP contribution in [-0.2, 0) is 0 Å². The average Bonchev–Trinajstić information content (AvgIpc) is 2.30. The van der Waals surface area contributed by atoms with Gasteiger partial charge in [-0.1, -0.05) is 29.3 Å². The van der Waals surface area contributed by atoms with Crippen LogP contribution in [-0.4, -0.2) is 11.1 Å². The average molecular weight is 285 g/mol. The molecule has 0 amide bonds. The van der Waals surface area contributed by atoms with Crippen molar-refractivity contribution in [3.05, 3.63) is 57.8 Å². The van der Waals surface area contributed by atoms with Gasteiger partial charge >= 0.3 is 5.97 Å². The lowest BCUT2D eigenvalue weighted by Gasteiger charge is -2.07. The highest BCUT2D eigenvalue weighted by atomic mass is 35.5. The summed E-state index contributed by atoms with van der Waals surface area (Å²) < 4.78 is 13.7. The Bertz CT molecular complexity index is 626. The van der Waals surface area contributed by atoms with Gasteiger partial charge in [0.15, 0.2) is 0 Å². The second-order valence-corrected chi connectivity index (χ2v) is 4.47. The Morgan fingerprint density at radius 1 is 1.06 bits per heavy atom. The number of aromatic carboxylic acids is 1. The van der Waals surface area contributed by atoms with Gasteiger partial charge in [0.2, 0.25) is 0 Å². The molecule has 2 nitrogen and oxygen atoms in total. The minimum absolute atomic E-state index is 0.0538. The zero-order valence-corrected chi connectivity index (χ0v) is 10.5. The molecule has 0 atom stereocenters. The smallest absolute Gasteiger partial charge is 0.335 e. The van der Waals surface area contributed by atoms with Gasteiger partial charge in [-0.25, -0.2) is 9.18 Å². The molecule has 0 aliphatic carbocycles. The first kappa shape index (κ1) is 12.9. The molecule has 0 heterocycles. The molecule has 1 N–H and O–H groups in total. The fourth-order valence-corrected chi connectivity index (χ4v) is 2.02. The molecule has 2 aromatic rings. The third-order valence-corrected chi connectivity index (χ3v) is 2.99. The van der Waals surface area contributed by atoms with Crippen molar-refractivity contribution < 1.29 is 14.3 Å². The van der Waals surface area contributed by atoms with Gasteiger partial charge in [0, 0.05) is 21.2 Å². The lowest BCUT2D eigenvalue weighted by molar-refractivity contribution is 0.0697. The van der Waals surface area contributed by atoms with Crippen LogP contribution in [0.25, 0.3) is 11.1 Å². The van der Waals surface area contributed by atoms with E-state index in [1.807, 2.05) is 0 Å². The van der Waals surface area contributed by atoms with Gasteiger partial charge in [-0.05, 0) is 30.3 Å². The number of carboxylic acids is 1. The van der Waals surface area contributed by atoms with Crippen molar-refractivity contribution in [1.82, 2.24) is 0 Å². The fourth-order valence-electron chi connectivity index (χ4n) is 1.57. The number of carbonyl (C=O) groups is 1. The van der Waals surface area contributed by atoms with Gasteiger partial charge in [0.1, 0.15) is 5.82 Å². The van der Waals surface area contributed by atoms with E-state index in [0.29, 0.717) is 5.56 Å². The first-order chi connectivity index (χ1) is 8.49. The minimum Gasteiger partial charge on any atom is -0.478 e. The van der Waals surface area contributed by atoms with Crippen LogP contribution in [0.2, 0.25) is 10.0 Å². The summed E-state index contributed by atoms with van der Waals surface area (Å²) in [7, 11) is 0. The topological polar surface area (TPSA) is 37.3 Å². The molecule has 0 unspecified atom stereocenters. The van der Waals surface area contributed by atoms with Crippen LogP contribution in [0.3, 0.4) is 0 Å². The molecule has 2 rings (SSSR count). The van der Waals surface area contributed by atoms with Crippen LogP contribution in [0.1, 0.15) is 10.4 Å². The Balaban J connectivity index is 2.54. The van der Waals surface area contributed by atoms with Gasteiger partial charge < -0.3 is 5.11 Å². The highest BCUT2D eigenvalue weighted by Crippen LogP contribution is 2.31. The Labute approximate surface area is 113 Å². The van der Waals surface area contributed by atoms with E-state index in [-0.39, 0.29) is 21.2 Å². The van der Waals surface area contributed by atoms with E-state index in [4.69, 9.17) is 28.3 Å². The van der Waals surface area contributed by atoms with Crippen LogP contribution in [0, 0.1) is 5.82 Å². The molecule has 2 aromatic carbocycles. The number of halogens is 3. The van der Waals surface area contributed by atoms with Crippen LogP contribution in [0.4, 0.5) is 4.39 Å². The predicted molar refractivity (Wildman–Crippen MR) is 68.8 cm³/mol. The lowest BCUT2D eigenvalue weighted by Crippen LogP contribution is -1.96. The number of rotatable bonds is 2. The molecular formula is C13H7Cl2FO2. The van der Waals surface area contributed by atoms with Crippen molar-refractivity contribution in [2.45, 2.75) is 0 Å². The van der Waals surface area contributed by atoms with Crippen LogP contribution < -0.4 is 0 Å². The summed E-state index contributed by atoms with van der Waals surface area (Å²) in [6.45, 7) is 0. The molecule has 0 aromatic heterocycles. The van der Waals surface area contributed by atoms with Gasteiger partial charge in [-0.15, -0.1) is 0 Å². The first-order valence-electron chi connectivity index (χ1n) is 4.97. The third kappa shape index (κ3) is 2.47. The molecule has 0 saturated heterocycles. The molecule has 5 heteroatoms. The maximum absolute atomic E-state index is 13.7. The SMILES string of the molecule is O=C(O)c1ccc(-c2ccc(Cl)cc2F)c(Cl)c1. The monoisotopic (exact) mass is 284 g/mol. The third-order valence-electron chi connectivity index (χ3n) is 2.44. The van der Waals surface area contributed by atoms with Crippen molar-refractivity contribution >= 4 is 29.2 Å². The zero-order chi connectivity index (χ0) is 13.3. The van der Waals surface area contributed by atoms with Crippen molar-refractivity contribution in [3.63, 3.8) is 0 Å². The Morgan fingerprint density at radius 2 is 1.72 bits per heavy atom. The number of carboxylic acid groups (broad SMARTS) is 1. The lowest BCUT2D eigenvalue weighted by atomic mass is 10.0. The van der Waals surface area contributed by atoms with Crippen LogP contribution in [0.15, 0.2) is 36.4 Å². The van der Waals surface area contributed by atoms with E-state index < -0.39 is 11.8 Å². The van der Waals surface area contributed by atoms with Crippen LogP contribution >= 0.6 is 23.2 Å². The Kier molecular flexibility index (Phi) is 3.55. The highest BCUT2D eigenvalue weighted by molar-refractivity contribution is 6.33. The van der Waals surface area contributed by atoms with E-state index in [2.05, 4.69) is 0 Å². The molecule has 0 bridgehead atoms. The molecule has 0 spiro atoms. The van der Waals surface area contributed by atoms with Gasteiger partial charge in [0.05, 0.1) is 5.56 Å². The second-order valence-electron chi connectivity index (χ2n) is 3.62. The zero-order valence-electron chi connectivity index (χ0n) is 8.95. The molecule has 0 aliphatic heterocycles. The summed E-state index contributed by atoms with van der Waals surface area (Å²) in [5.74, 6) is -1.59. The predicted octanol–water partition coefficient (Wildman–Crippen LogP) is 4.50. The van der Waals surface area contributed by atoms with Crippen molar-refractivity contribution in [2.75, 3.05) is 0 Å². The maximum atomic E-state index is 13.7. The minimum atomic E-state index is -1.08. The molecule has 18 heavy (non-hydrogen) atoms. The quantitative estimate of drug-likeness (QED) is 0.882. The summed E-state index contributed by atoms with van der Waals surface area (Å²) in [6.07, 6.45) is 0. The van der Waals surface area contributed by atoms with Crippen molar-refractivity contribution in [1.29, 1.82) is 0 Å². The summed E-state index contributed by atoms with van der Waals surface area (Å²) >= 11 is 11.6. The molecule has 0 saturated carbocycles. The van der Waals surface area contributed by atoms with Crippen molar-refractivity contribution in [2.24, 2.45) is 0 Å². The Hall–Kier alpha value is -1.58. The number of hydrogen-bond acceptors (Lipinski definition) is 1. The van der Waals surface area contributed by atoms with Gasteiger partial charge in [-0.2, -0.15) is 0 Å². The Morgan fingerprint density at radius 3 is 2.28 bits per heavy atom. The number of hydrogen-bond donors (Lipinski definition) is 1. The summed E-state index contributed by atoms with van der Waals surface area (Å²) in [5.41, 5.74) is 0.760. The standard InChI is InChI=1S/C13H7Cl2FO2/c14-8-2-4-10(12(16)6-8)9-3-1-7(13(17)18)5-11(9)15/h1-6H,(H,17,18). The van der Waals surface area contributed by atoms with E-state index in [9.17, 15) is 9.18 Å². The molecular weight excluding hydrogens is 278 g/mol. The summed E-state index contributed by atoms with van der Waals surface area (Å²) in [5, 5.41) is 9.28. The van der Waals surface area contributed by atoms with E-state index in [1.54, 1.807) is 6.07 Å². The normalized spacial score (nSPS) is 10.4. The van der Waals surface area contributed by atoms with E-state index in [0.717, 1.165) is 0 Å². The van der Waals surface area contributed by atoms with Gasteiger partial charge in [0.25, 0.3) is 0 Å². The number of benzene rings is 2. The molecule has 0 radical (unpaired) electrons. The molecule has 0 aliphatic rings. The highest BCUT2D eigenvalue weighted by Gasteiger charge is 2.12. The second kappa shape index (κ2) is 4.96. The largest absolute Gasteiger partial charge is 0.478 e. The van der Waals surface area contributed by atoms with Gasteiger partial charge in [-0.3, -0.25) is 0 Å². The maximum Gasteiger partial charge on any atom is 0.335 e. The van der Waals surface area contributed by atoms with Crippen molar-refractivity contribution in [3.8, 4) is 11.1 Å². The molecule has 0 fully saturated rings. The summed E-state index contributed by atoms with van der Waals surface area (Å²) in [4.78, 5) is 10.8.